The predicted molar refractivity (Wildman–Crippen MR) is 144 cm³/mol. The fourth-order valence-electron chi connectivity index (χ4n) is 4.83. The summed E-state index contributed by atoms with van der Waals surface area (Å²) in [5.74, 6) is -0.746. The van der Waals surface area contributed by atoms with Crippen LogP contribution in [-0.4, -0.2) is 24.9 Å². The number of aryl methyl sites for hydroxylation is 1. The van der Waals surface area contributed by atoms with Crippen LogP contribution < -0.4 is 15.9 Å². The van der Waals surface area contributed by atoms with Crippen molar-refractivity contribution in [1.29, 1.82) is 0 Å². The third kappa shape index (κ3) is 4.56. The van der Waals surface area contributed by atoms with E-state index in [-0.39, 0.29) is 26.1 Å². The van der Waals surface area contributed by atoms with Gasteiger partial charge in [0.1, 0.15) is 5.15 Å². The highest BCUT2D eigenvalue weighted by Crippen LogP contribution is 2.37. The van der Waals surface area contributed by atoms with Crippen molar-refractivity contribution >= 4 is 52.7 Å². The second-order valence-corrected chi connectivity index (χ2v) is 14.6. The number of pyridine rings is 2. The number of rotatable bonds is 6. The molecule has 2 aromatic heterocycles. The van der Waals surface area contributed by atoms with Gasteiger partial charge in [-0.3, -0.25) is 4.79 Å². The van der Waals surface area contributed by atoms with Crippen LogP contribution in [0.1, 0.15) is 32.0 Å². The lowest BCUT2D eigenvalue weighted by Crippen LogP contribution is -2.66. The van der Waals surface area contributed by atoms with Gasteiger partial charge in [-0.15, -0.1) is 0 Å². The van der Waals surface area contributed by atoms with Gasteiger partial charge in [0, 0.05) is 24.1 Å². The first kappa shape index (κ1) is 25.6. The molecule has 0 aliphatic rings. The lowest BCUT2D eigenvalue weighted by molar-refractivity contribution is 0.300. The zero-order chi connectivity index (χ0) is 25.4. The van der Waals surface area contributed by atoms with Crippen LogP contribution in [-0.2, 0) is 10.8 Å². The van der Waals surface area contributed by atoms with E-state index in [2.05, 4.69) is 55.0 Å². The summed E-state index contributed by atoms with van der Waals surface area (Å²) in [7, 11) is -2.73. The van der Waals surface area contributed by atoms with Crippen molar-refractivity contribution in [3.8, 4) is 0 Å². The van der Waals surface area contributed by atoms with Crippen molar-refractivity contribution in [3.63, 3.8) is 0 Å². The van der Waals surface area contributed by atoms with Gasteiger partial charge in [-0.05, 0) is 27.9 Å². The third-order valence-electron chi connectivity index (χ3n) is 6.46. The van der Waals surface area contributed by atoms with Crippen LogP contribution >= 0.6 is 23.2 Å². The average molecular weight is 530 g/mol. The molecule has 0 aliphatic carbocycles. The number of halogens is 3. The molecule has 2 aromatic carbocycles. The molecule has 0 amide bonds. The topological polar surface area (TPSA) is 55.0 Å². The molecule has 4 nitrogen and oxygen atoms in total. The van der Waals surface area contributed by atoms with Gasteiger partial charge in [-0.1, -0.05) is 105 Å². The van der Waals surface area contributed by atoms with Crippen LogP contribution in [0.3, 0.4) is 0 Å². The maximum atomic E-state index is 14.9. The Morgan fingerprint density at radius 1 is 0.943 bits per heavy atom. The van der Waals surface area contributed by atoms with Gasteiger partial charge < -0.3 is 9.41 Å². The van der Waals surface area contributed by atoms with Gasteiger partial charge in [0.05, 0.1) is 5.39 Å². The summed E-state index contributed by atoms with van der Waals surface area (Å²) in [4.78, 5) is 19.4. The number of nitrogens with one attached hydrogen (secondary N) is 1. The molecule has 0 atom stereocenters. The molecule has 0 spiro atoms. The first-order chi connectivity index (χ1) is 16.6. The van der Waals surface area contributed by atoms with Crippen molar-refractivity contribution in [2.75, 3.05) is 6.61 Å². The second kappa shape index (κ2) is 9.86. The highest BCUT2D eigenvalue weighted by Gasteiger charge is 2.50. The van der Waals surface area contributed by atoms with E-state index in [1.54, 1.807) is 6.92 Å². The molecular weight excluding hydrogens is 502 g/mol. The summed E-state index contributed by atoms with van der Waals surface area (Å²) in [5, 5.41) is 1.77. The van der Waals surface area contributed by atoms with Crippen LogP contribution in [0.2, 0.25) is 15.3 Å². The summed E-state index contributed by atoms with van der Waals surface area (Å²) in [6, 6.07) is 20.6. The maximum Gasteiger partial charge on any atom is 0.261 e. The minimum absolute atomic E-state index is 0.00252. The molecule has 1 N–H and O–H groups in total. The molecule has 0 fully saturated rings. The Kier molecular flexibility index (Phi) is 7.20. The van der Waals surface area contributed by atoms with Crippen LogP contribution in [0, 0.1) is 12.7 Å². The van der Waals surface area contributed by atoms with Crippen LogP contribution in [0.15, 0.2) is 65.5 Å². The first-order valence-corrected chi connectivity index (χ1v) is 14.1. The number of benzene rings is 2. The number of aromatic nitrogens is 2. The Labute approximate surface area is 215 Å². The molecule has 182 valence electrons. The van der Waals surface area contributed by atoms with E-state index in [1.165, 1.54) is 0 Å². The highest BCUT2D eigenvalue weighted by atomic mass is 35.5. The Bertz CT molecular complexity index is 1380. The fraction of sp³-hybridized carbons (Fsp3) is 0.259. The van der Waals surface area contributed by atoms with E-state index >= 15 is 0 Å². The monoisotopic (exact) mass is 528 g/mol. The molecule has 2 heterocycles. The van der Waals surface area contributed by atoms with E-state index in [4.69, 9.17) is 27.6 Å². The van der Waals surface area contributed by atoms with Crippen LogP contribution in [0.4, 0.5) is 4.39 Å². The van der Waals surface area contributed by atoms with Crippen molar-refractivity contribution in [1.82, 2.24) is 9.97 Å². The quantitative estimate of drug-likeness (QED) is 0.254. The zero-order valence-corrected chi connectivity index (χ0v) is 22.6. The summed E-state index contributed by atoms with van der Waals surface area (Å²) in [6.45, 7) is 8.69. The first-order valence-electron chi connectivity index (χ1n) is 11.4. The number of aromatic amines is 1. The number of hydrogen-bond acceptors (Lipinski definition) is 3. The SMILES string of the molecule is Cc1c(CCO[Si](c2ccccc2)(c2ccccc2)C(C)(C)C)[nH]c(=O)c2c(Cl)nc(Cl)c(F)c12. The summed E-state index contributed by atoms with van der Waals surface area (Å²) < 4.78 is 21.8. The molecule has 0 saturated carbocycles. The van der Waals surface area contributed by atoms with Gasteiger partial charge in [-0.25, -0.2) is 9.37 Å². The van der Waals surface area contributed by atoms with Crippen LogP contribution in [0.5, 0.6) is 0 Å². The van der Waals surface area contributed by atoms with Crippen LogP contribution in [0.25, 0.3) is 10.8 Å². The molecule has 0 aliphatic heterocycles. The fourth-order valence-corrected chi connectivity index (χ4v) is 9.88. The van der Waals surface area contributed by atoms with E-state index < -0.39 is 19.7 Å². The number of H-pyrrole nitrogens is 1. The summed E-state index contributed by atoms with van der Waals surface area (Å²) in [6.07, 6.45) is 0.387. The Morgan fingerprint density at radius 3 is 2.00 bits per heavy atom. The minimum Gasteiger partial charge on any atom is -0.407 e. The van der Waals surface area contributed by atoms with Gasteiger partial charge in [-0.2, -0.15) is 0 Å². The van der Waals surface area contributed by atoms with E-state index in [0.717, 1.165) is 10.4 Å². The van der Waals surface area contributed by atoms with Crippen molar-refractivity contribution in [3.05, 3.63) is 98.4 Å². The standard InChI is InChI=1S/C27H27Cl2FN2O2Si/c1-17-20(31-26(33)22-21(17)23(30)25(29)32-24(22)28)15-16-34-35(27(2,3)4,18-11-7-5-8-12-18)19-13-9-6-10-14-19/h5-14H,15-16H2,1-4H3,(H,31,33). The van der Waals surface area contributed by atoms with Gasteiger partial charge in [0.15, 0.2) is 11.0 Å². The lowest BCUT2D eigenvalue weighted by Gasteiger charge is -2.43. The summed E-state index contributed by atoms with van der Waals surface area (Å²) >= 11 is 12.0. The molecule has 8 heteroatoms. The van der Waals surface area contributed by atoms with Gasteiger partial charge in [0.25, 0.3) is 13.9 Å². The zero-order valence-electron chi connectivity index (χ0n) is 20.1. The highest BCUT2D eigenvalue weighted by molar-refractivity contribution is 6.99. The number of hydrogen-bond donors (Lipinski definition) is 1. The molecule has 0 bridgehead atoms. The largest absolute Gasteiger partial charge is 0.407 e. The maximum absolute atomic E-state index is 14.9. The van der Waals surface area contributed by atoms with Gasteiger partial charge >= 0.3 is 0 Å². The molecule has 0 unspecified atom stereocenters. The van der Waals surface area contributed by atoms with E-state index in [1.807, 2.05) is 36.4 Å². The number of nitrogens with zero attached hydrogens (tertiary/aromatic N) is 1. The molecule has 35 heavy (non-hydrogen) atoms. The molecule has 0 saturated heterocycles. The van der Waals surface area contributed by atoms with Crippen molar-refractivity contribution < 1.29 is 8.82 Å². The van der Waals surface area contributed by atoms with E-state index in [9.17, 15) is 9.18 Å². The predicted octanol–water partition coefficient (Wildman–Crippen LogP) is 5.80. The summed E-state index contributed by atoms with van der Waals surface area (Å²) in [5.41, 5.74) is 0.645. The normalized spacial score (nSPS) is 12.3. The van der Waals surface area contributed by atoms with E-state index in [0.29, 0.717) is 24.3 Å². The smallest absolute Gasteiger partial charge is 0.261 e. The Balaban J connectivity index is 1.77. The molecule has 0 radical (unpaired) electrons. The number of fused-ring (bicyclic) bond motifs is 1. The third-order valence-corrected chi connectivity index (χ3v) is 12.0. The van der Waals surface area contributed by atoms with Crippen molar-refractivity contribution in [2.45, 2.75) is 39.2 Å². The molecule has 4 aromatic rings. The lowest BCUT2D eigenvalue weighted by atomic mass is 10.1. The van der Waals surface area contributed by atoms with Crippen molar-refractivity contribution in [2.24, 2.45) is 0 Å². The molecule has 4 rings (SSSR count). The second-order valence-electron chi connectivity index (χ2n) is 9.58. The average Bonchev–Trinajstić information content (AvgIpc) is 2.82. The van der Waals surface area contributed by atoms with Gasteiger partial charge in [0.2, 0.25) is 0 Å². The molecular formula is C27H27Cl2FN2O2Si. The minimum atomic E-state index is -2.73. The Hall–Kier alpha value is -2.51. The Morgan fingerprint density at radius 2 is 1.49 bits per heavy atom.